The lowest BCUT2D eigenvalue weighted by atomic mass is 10.3. The van der Waals surface area contributed by atoms with E-state index < -0.39 is 23.3 Å². The smallest absolute Gasteiger partial charge is 0.357 e. The number of hydrogen-bond donors (Lipinski definition) is 2. The molecule has 1 heterocycles. The van der Waals surface area contributed by atoms with E-state index in [1.807, 2.05) is 0 Å². The number of hydrogen-bond acceptors (Lipinski definition) is 4. The first-order valence-electron chi connectivity index (χ1n) is 2.90. The molecule has 0 aliphatic rings. The van der Waals surface area contributed by atoms with Crippen molar-refractivity contribution in [2.24, 2.45) is 0 Å². The molecular formula is C6H8N2O6. The maximum Gasteiger partial charge on any atom is 0.357 e. The van der Waals surface area contributed by atoms with Crippen LogP contribution in [0, 0.1) is 0 Å². The van der Waals surface area contributed by atoms with Crippen molar-refractivity contribution in [2.45, 2.75) is 0 Å². The topological polar surface area (TPSA) is 163 Å². The molecule has 0 saturated carbocycles. The Morgan fingerprint density at radius 2 is 1.21 bits per heavy atom. The van der Waals surface area contributed by atoms with Crippen LogP contribution in [0.4, 0.5) is 0 Å². The highest BCUT2D eigenvalue weighted by Crippen LogP contribution is 2.00. The average molecular weight is 204 g/mol. The van der Waals surface area contributed by atoms with E-state index in [0.29, 0.717) is 0 Å². The molecule has 8 nitrogen and oxygen atoms in total. The standard InChI is InChI=1S/C6H4N2O4.2H2O/c9-5(10)3-4(6(11)12)8-2-1-7-3;;/h1-2H,(H,9,10)(H,11,12);2*1H2. The molecule has 6 N–H and O–H groups in total. The first-order valence-corrected chi connectivity index (χ1v) is 2.90. The zero-order chi connectivity index (χ0) is 9.14. The van der Waals surface area contributed by atoms with Crippen molar-refractivity contribution in [3.05, 3.63) is 23.8 Å². The number of aromatic carboxylic acids is 2. The van der Waals surface area contributed by atoms with Gasteiger partial charge in [0.1, 0.15) is 0 Å². The van der Waals surface area contributed by atoms with Crippen LogP contribution in [0.5, 0.6) is 0 Å². The summed E-state index contributed by atoms with van der Waals surface area (Å²) < 4.78 is 0. The van der Waals surface area contributed by atoms with Gasteiger partial charge in [-0.05, 0) is 0 Å². The Bertz CT molecular complexity index is 306. The maximum atomic E-state index is 10.4. The van der Waals surface area contributed by atoms with Crippen molar-refractivity contribution in [1.29, 1.82) is 0 Å². The van der Waals surface area contributed by atoms with E-state index in [1.165, 1.54) is 0 Å². The van der Waals surface area contributed by atoms with Crippen LogP contribution < -0.4 is 0 Å². The SMILES string of the molecule is O.O.O=C(O)c1nccnc1C(=O)O. The average Bonchev–Trinajstić information content (AvgIpc) is 2.04. The van der Waals surface area contributed by atoms with Crippen LogP contribution in [-0.2, 0) is 0 Å². The van der Waals surface area contributed by atoms with Crippen LogP contribution in [0.15, 0.2) is 12.4 Å². The second-order valence-electron chi connectivity index (χ2n) is 1.86. The van der Waals surface area contributed by atoms with Gasteiger partial charge in [0.2, 0.25) is 0 Å². The first kappa shape index (κ1) is 14.5. The van der Waals surface area contributed by atoms with Gasteiger partial charge in [-0.3, -0.25) is 0 Å². The lowest BCUT2D eigenvalue weighted by molar-refractivity contribution is 0.0641. The van der Waals surface area contributed by atoms with Crippen LogP contribution >= 0.6 is 0 Å². The molecule has 0 spiro atoms. The normalized spacial score (nSPS) is 8.00. The molecule has 0 radical (unpaired) electrons. The van der Waals surface area contributed by atoms with Gasteiger partial charge in [0, 0.05) is 12.4 Å². The van der Waals surface area contributed by atoms with E-state index in [-0.39, 0.29) is 11.0 Å². The molecule has 0 unspecified atom stereocenters. The van der Waals surface area contributed by atoms with Crippen LogP contribution in [-0.4, -0.2) is 43.1 Å². The molecule has 1 aromatic rings. The predicted molar refractivity (Wildman–Crippen MR) is 43.2 cm³/mol. The highest BCUT2D eigenvalue weighted by molar-refractivity contribution is 5.98. The Morgan fingerprint density at radius 1 is 0.929 bits per heavy atom. The summed E-state index contributed by atoms with van der Waals surface area (Å²) in [6, 6.07) is 0. The third kappa shape index (κ3) is 2.77. The number of carbonyl (C=O) groups is 2. The molecular weight excluding hydrogens is 196 g/mol. The summed E-state index contributed by atoms with van der Waals surface area (Å²) >= 11 is 0. The summed E-state index contributed by atoms with van der Waals surface area (Å²) in [6.45, 7) is 0. The molecule has 0 fully saturated rings. The third-order valence-corrected chi connectivity index (χ3v) is 1.10. The van der Waals surface area contributed by atoms with Gasteiger partial charge < -0.3 is 21.2 Å². The molecule has 0 bridgehead atoms. The van der Waals surface area contributed by atoms with Crippen molar-refractivity contribution in [1.82, 2.24) is 9.97 Å². The quantitative estimate of drug-likeness (QED) is 0.578. The van der Waals surface area contributed by atoms with Gasteiger partial charge in [0.25, 0.3) is 0 Å². The van der Waals surface area contributed by atoms with E-state index in [4.69, 9.17) is 10.2 Å². The summed E-state index contributed by atoms with van der Waals surface area (Å²) in [5.41, 5.74) is -1.10. The molecule has 8 heteroatoms. The van der Waals surface area contributed by atoms with Crippen LogP contribution in [0.2, 0.25) is 0 Å². The van der Waals surface area contributed by atoms with Crippen molar-refractivity contribution in [3.8, 4) is 0 Å². The van der Waals surface area contributed by atoms with Crippen LogP contribution in [0.1, 0.15) is 21.0 Å². The summed E-state index contributed by atoms with van der Waals surface area (Å²) in [5, 5.41) is 16.9. The fraction of sp³-hybridized carbons (Fsp3) is 0. The molecule has 1 aromatic heterocycles. The van der Waals surface area contributed by atoms with Gasteiger partial charge >= 0.3 is 11.9 Å². The minimum absolute atomic E-state index is 0. The zero-order valence-electron chi connectivity index (χ0n) is 6.76. The monoisotopic (exact) mass is 204 g/mol. The summed E-state index contributed by atoms with van der Waals surface area (Å²) in [4.78, 5) is 27.4. The molecule has 0 saturated heterocycles. The molecule has 0 aromatic carbocycles. The van der Waals surface area contributed by atoms with E-state index in [9.17, 15) is 9.59 Å². The molecule has 78 valence electrons. The largest absolute Gasteiger partial charge is 0.476 e. The highest BCUT2D eigenvalue weighted by Gasteiger charge is 2.17. The Hall–Kier alpha value is -2.06. The Balaban J connectivity index is 0. The van der Waals surface area contributed by atoms with E-state index >= 15 is 0 Å². The fourth-order valence-corrected chi connectivity index (χ4v) is 0.651. The number of carboxylic acid groups (broad SMARTS) is 2. The Morgan fingerprint density at radius 3 is 1.43 bits per heavy atom. The first-order chi connectivity index (χ1) is 5.63. The van der Waals surface area contributed by atoms with Crippen LogP contribution in [0.3, 0.4) is 0 Å². The predicted octanol–water partition coefficient (Wildman–Crippen LogP) is -1.78. The van der Waals surface area contributed by atoms with E-state index in [1.54, 1.807) is 0 Å². The summed E-state index contributed by atoms with van der Waals surface area (Å²) in [6.07, 6.45) is 2.24. The minimum Gasteiger partial charge on any atom is -0.476 e. The summed E-state index contributed by atoms with van der Waals surface area (Å²) in [7, 11) is 0. The van der Waals surface area contributed by atoms with Crippen molar-refractivity contribution >= 4 is 11.9 Å². The number of aromatic nitrogens is 2. The van der Waals surface area contributed by atoms with Gasteiger partial charge in [0.05, 0.1) is 0 Å². The molecule has 0 aliphatic carbocycles. The second-order valence-corrected chi connectivity index (χ2v) is 1.86. The lowest BCUT2D eigenvalue weighted by Gasteiger charge is -1.96. The highest BCUT2D eigenvalue weighted by atomic mass is 16.4. The molecule has 0 aliphatic heterocycles. The van der Waals surface area contributed by atoms with Gasteiger partial charge in [-0.1, -0.05) is 0 Å². The Labute approximate surface area is 77.5 Å². The Kier molecular flexibility index (Phi) is 5.75. The third-order valence-electron chi connectivity index (χ3n) is 1.10. The maximum absolute atomic E-state index is 10.4. The molecule has 0 atom stereocenters. The number of rotatable bonds is 2. The lowest BCUT2D eigenvalue weighted by Crippen LogP contribution is -2.12. The van der Waals surface area contributed by atoms with E-state index in [0.717, 1.165) is 12.4 Å². The van der Waals surface area contributed by atoms with Crippen molar-refractivity contribution in [2.75, 3.05) is 0 Å². The van der Waals surface area contributed by atoms with Crippen LogP contribution in [0.25, 0.3) is 0 Å². The van der Waals surface area contributed by atoms with Gasteiger partial charge in [0.15, 0.2) is 11.4 Å². The van der Waals surface area contributed by atoms with Gasteiger partial charge in [-0.2, -0.15) is 0 Å². The molecule has 14 heavy (non-hydrogen) atoms. The number of nitrogens with zero attached hydrogens (tertiary/aromatic N) is 2. The van der Waals surface area contributed by atoms with Crippen molar-refractivity contribution in [3.63, 3.8) is 0 Å². The van der Waals surface area contributed by atoms with Gasteiger partial charge in [-0.15, -0.1) is 0 Å². The van der Waals surface area contributed by atoms with Crippen molar-refractivity contribution < 1.29 is 30.8 Å². The minimum atomic E-state index is -1.40. The zero-order valence-corrected chi connectivity index (χ0v) is 6.76. The summed E-state index contributed by atoms with van der Waals surface area (Å²) in [5.74, 6) is -2.80. The fourth-order valence-electron chi connectivity index (χ4n) is 0.651. The number of carboxylic acids is 2. The molecule has 0 amide bonds. The van der Waals surface area contributed by atoms with E-state index in [2.05, 4.69) is 9.97 Å². The molecule has 1 rings (SSSR count). The second kappa shape index (κ2) is 5.56. The van der Waals surface area contributed by atoms with Gasteiger partial charge in [-0.25, -0.2) is 19.6 Å².